The van der Waals surface area contributed by atoms with Crippen molar-refractivity contribution in [3.05, 3.63) is 103 Å². The summed E-state index contributed by atoms with van der Waals surface area (Å²) in [7, 11) is 0. The van der Waals surface area contributed by atoms with Gasteiger partial charge < -0.3 is 9.97 Å². The lowest BCUT2D eigenvalue weighted by Crippen LogP contribution is -2.17. The van der Waals surface area contributed by atoms with E-state index >= 15 is 0 Å². The smallest absolute Gasteiger partial charge is 0.166 e. The van der Waals surface area contributed by atoms with Gasteiger partial charge in [-0.2, -0.15) is 0 Å². The van der Waals surface area contributed by atoms with Crippen molar-refractivity contribution >= 4 is 219 Å². The Labute approximate surface area is 392 Å². The summed E-state index contributed by atoms with van der Waals surface area (Å²) in [6.07, 6.45) is 0. The summed E-state index contributed by atoms with van der Waals surface area (Å²) in [6, 6.07) is 0. The number of allylic oxidation sites excluding steroid dienone is 8. The second kappa shape index (κ2) is 14.4. The zero-order chi connectivity index (χ0) is 40.1. The molecule has 0 radical (unpaired) electrons. The van der Waals surface area contributed by atoms with E-state index in [1.807, 2.05) is 0 Å². The number of halogens is 16. The molecule has 2 aliphatic carbocycles. The number of hydrogen-bond acceptors (Lipinski definition) is 6. The first-order valence-corrected chi connectivity index (χ1v) is 21.0. The first-order chi connectivity index (χ1) is 26.4. The van der Waals surface area contributed by atoms with Crippen molar-refractivity contribution < 1.29 is 0 Å². The van der Waals surface area contributed by atoms with Crippen LogP contribution in [0.15, 0.2) is 40.3 Å². The molecule has 2 unspecified atom stereocenters. The average molecular weight is 1070 g/mol. The number of nitrogens with one attached hydrogen (secondary N) is 2. The van der Waals surface area contributed by atoms with Crippen molar-refractivity contribution in [2.45, 2.75) is 11.8 Å². The van der Waals surface area contributed by atoms with Crippen LogP contribution in [0.3, 0.4) is 0 Å². The summed E-state index contributed by atoms with van der Waals surface area (Å²) in [4.78, 5) is 35.2. The number of nitrogens with zero attached hydrogens (tertiary/aromatic N) is 6. The predicted octanol–water partition coefficient (Wildman–Crippen LogP) is 14.0. The highest BCUT2D eigenvalue weighted by molar-refractivity contribution is 6.58. The molecule has 2 N–H and O–H groups in total. The van der Waals surface area contributed by atoms with Crippen molar-refractivity contribution in [2.75, 3.05) is 0 Å². The predicted molar refractivity (Wildman–Crippen MR) is 232 cm³/mol. The molecule has 284 valence electrons. The largest absolute Gasteiger partial charge is 0.327 e. The molecule has 5 aliphatic rings. The van der Waals surface area contributed by atoms with Gasteiger partial charge in [0.25, 0.3) is 0 Å². The zero-order valence-electron chi connectivity index (χ0n) is 25.9. The molecule has 0 spiro atoms. The topological polar surface area (TPSA) is 109 Å². The third-order valence-electron chi connectivity index (χ3n) is 9.03. The monoisotopic (exact) mass is 1060 g/mol. The summed E-state index contributed by atoms with van der Waals surface area (Å²) < 4.78 is 0. The molecule has 8 nitrogen and oxygen atoms in total. The van der Waals surface area contributed by atoms with Crippen molar-refractivity contribution in [1.29, 1.82) is 0 Å². The van der Waals surface area contributed by atoms with E-state index in [-0.39, 0.29) is 159 Å². The minimum atomic E-state index is -1.02. The summed E-state index contributed by atoms with van der Waals surface area (Å²) in [5.41, 5.74) is 0.986. The molecular formula is C32H4Cl16N8. The van der Waals surface area contributed by atoms with Gasteiger partial charge >= 0.3 is 0 Å². The standard InChI is InChI=1S/C32H4Cl16N8/c33-9-1-2(10(34)18(42)17(9)41)26-49-25(1)53-27-3-4(12(36)20(44)19(43)11(3)35)29(50-27)55-31-7-8(16(40)24(48)23(47)15(7)39)32(52-31)56-30-6-5(28(51-30)54-26)13(37)21(45)22(46)14(6)38/h1,4H,(H,49,53)(H,50,51,52,54,55,56). The zero-order valence-corrected chi connectivity index (χ0v) is 38.0. The van der Waals surface area contributed by atoms with Gasteiger partial charge in [0, 0.05) is 11.1 Å². The highest BCUT2D eigenvalue weighted by Gasteiger charge is 2.41. The lowest BCUT2D eigenvalue weighted by molar-refractivity contribution is 0.904. The van der Waals surface area contributed by atoms with E-state index in [1.165, 1.54) is 0 Å². The maximum absolute atomic E-state index is 6.89. The molecule has 4 aromatic rings. The van der Waals surface area contributed by atoms with Crippen molar-refractivity contribution in [2.24, 2.45) is 0 Å². The molecule has 3 aliphatic heterocycles. The van der Waals surface area contributed by atoms with E-state index in [0.717, 1.165) is 0 Å². The van der Waals surface area contributed by atoms with Gasteiger partial charge in [0.1, 0.15) is 28.4 Å². The number of aromatic amines is 2. The Balaban J connectivity index is 1.57. The Hall–Kier alpha value is -0.860. The Kier molecular flexibility index (Phi) is 10.4. The van der Waals surface area contributed by atoms with E-state index in [1.54, 1.807) is 0 Å². The highest BCUT2D eigenvalue weighted by atomic mass is 35.5. The Morgan fingerprint density at radius 2 is 0.857 bits per heavy atom. The number of fused-ring (bicyclic) bond motifs is 18. The fourth-order valence-corrected chi connectivity index (χ4v) is 10.8. The van der Waals surface area contributed by atoms with Gasteiger partial charge in [0.2, 0.25) is 0 Å². The minimum Gasteiger partial charge on any atom is -0.327 e. The highest BCUT2D eigenvalue weighted by Crippen LogP contribution is 2.54. The van der Waals surface area contributed by atoms with Crippen molar-refractivity contribution in [1.82, 2.24) is 39.9 Å². The van der Waals surface area contributed by atoms with Gasteiger partial charge in [-0.15, -0.1) is 0 Å². The first kappa shape index (κ1) is 40.5. The minimum absolute atomic E-state index is 0.00496. The van der Waals surface area contributed by atoms with Crippen LogP contribution in [0, 0.1) is 0 Å². The number of rotatable bonds is 0. The van der Waals surface area contributed by atoms with E-state index in [2.05, 4.69) is 9.97 Å². The van der Waals surface area contributed by atoms with Crippen LogP contribution in [-0.2, 0) is 0 Å². The molecule has 0 fully saturated rings. The molecule has 2 atom stereocenters. The third kappa shape index (κ3) is 5.70. The number of H-pyrrole nitrogens is 2. The van der Waals surface area contributed by atoms with Crippen LogP contribution in [0.4, 0.5) is 0 Å². The maximum Gasteiger partial charge on any atom is 0.166 e. The van der Waals surface area contributed by atoms with Crippen LogP contribution in [-0.4, -0.2) is 39.9 Å². The number of hydrogen-bond donors (Lipinski definition) is 2. The molecule has 0 saturated carbocycles. The van der Waals surface area contributed by atoms with Crippen LogP contribution in [0.1, 0.15) is 23.5 Å². The van der Waals surface area contributed by atoms with Gasteiger partial charge in [-0.25, -0.2) is 29.9 Å². The van der Waals surface area contributed by atoms with E-state index in [9.17, 15) is 0 Å². The molecule has 2 aromatic carbocycles. The number of benzene rings is 2. The SMILES string of the molecule is ClC1=C(Cl)C2=c3nc(nc4nc(nc5[nH]c(nc6[nH]c(n3)C3C(Cl)=C(Cl)C(Cl)=C(Cl)C=63)c3c(Cl)c(Cl)c(Cl)c(Cl)c53)-c3c(Cl)c(Cl)c(Cl)c(Cl)c3-4)C2C(Cl)=C1Cl. The van der Waals surface area contributed by atoms with Gasteiger partial charge in [-0.1, -0.05) is 186 Å². The fraction of sp³-hybridized carbons (Fsp3) is 0.0625. The van der Waals surface area contributed by atoms with Crippen LogP contribution >= 0.6 is 186 Å². The summed E-state index contributed by atoms with van der Waals surface area (Å²) in [5.74, 6) is -1.97. The molecule has 5 heterocycles. The molecule has 56 heavy (non-hydrogen) atoms. The van der Waals surface area contributed by atoms with Gasteiger partial charge in [0.05, 0.1) is 114 Å². The lowest BCUT2D eigenvalue weighted by atomic mass is 9.94. The second-order valence-corrected chi connectivity index (χ2v) is 18.1. The fourth-order valence-electron chi connectivity index (χ4n) is 6.56. The molecule has 9 rings (SSSR count). The molecule has 2 aromatic heterocycles. The quantitative estimate of drug-likeness (QED) is 0.118. The molecule has 0 amide bonds. The first-order valence-electron chi connectivity index (χ1n) is 14.9. The Bertz CT molecular complexity index is 3120. The van der Waals surface area contributed by atoms with Gasteiger partial charge in [-0.05, 0) is 0 Å². The maximum atomic E-state index is 6.89. The van der Waals surface area contributed by atoms with E-state index in [4.69, 9.17) is 216 Å². The van der Waals surface area contributed by atoms with Crippen LogP contribution in [0.2, 0.25) is 40.2 Å². The third-order valence-corrected chi connectivity index (χ3v) is 16.4. The Morgan fingerprint density at radius 1 is 0.375 bits per heavy atom. The van der Waals surface area contributed by atoms with E-state index in [0.29, 0.717) is 0 Å². The Morgan fingerprint density at radius 3 is 1.43 bits per heavy atom. The summed E-state index contributed by atoms with van der Waals surface area (Å²) >= 11 is 107. The van der Waals surface area contributed by atoms with Crippen LogP contribution in [0.25, 0.3) is 56.0 Å². The van der Waals surface area contributed by atoms with Crippen molar-refractivity contribution in [3.8, 4) is 22.8 Å². The number of aromatic nitrogens is 8. The van der Waals surface area contributed by atoms with Gasteiger partial charge in [-0.3, -0.25) is 0 Å². The second-order valence-electron chi connectivity index (χ2n) is 12.0. The summed E-state index contributed by atoms with van der Waals surface area (Å²) in [6.45, 7) is 0. The normalized spacial score (nSPS) is 18.7. The van der Waals surface area contributed by atoms with E-state index < -0.39 is 11.8 Å². The lowest BCUT2D eigenvalue weighted by Gasteiger charge is -2.21. The van der Waals surface area contributed by atoms with Crippen molar-refractivity contribution in [3.63, 3.8) is 0 Å². The molecule has 24 heteroatoms. The molecule has 8 bridgehead atoms. The van der Waals surface area contributed by atoms with Crippen LogP contribution < -0.4 is 11.0 Å². The average Bonchev–Trinajstić information content (AvgIpc) is 3.92. The van der Waals surface area contributed by atoms with Gasteiger partial charge in [0.15, 0.2) is 17.1 Å². The summed E-state index contributed by atoms with van der Waals surface area (Å²) in [5, 5.41) is -0.217. The molecule has 0 saturated heterocycles. The van der Waals surface area contributed by atoms with Crippen LogP contribution in [0.5, 0.6) is 0 Å². The molecular weight excluding hydrogens is 1060 g/mol.